The second-order valence-corrected chi connectivity index (χ2v) is 7.19. The summed E-state index contributed by atoms with van der Waals surface area (Å²) in [6, 6.07) is 2.74. The van der Waals surface area contributed by atoms with Gasteiger partial charge in [0.2, 0.25) is 0 Å². The highest BCUT2D eigenvalue weighted by atomic mass is 32.1. The van der Waals surface area contributed by atoms with Crippen LogP contribution in [0.25, 0.3) is 0 Å². The molecule has 0 radical (unpaired) electrons. The number of thiophene rings is 1. The van der Waals surface area contributed by atoms with Gasteiger partial charge in [0.1, 0.15) is 0 Å². The van der Waals surface area contributed by atoms with Crippen LogP contribution in [0.2, 0.25) is 0 Å². The Morgan fingerprint density at radius 3 is 2.95 bits per heavy atom. The van der Waals surface area contributed by atoms with Gasteiger partial charge in [-0.3, -0.25) is 0 Å². The van der Waals surface area contributed by atoms with Crippen molar-refractivity contribution in [2.75, 3.05) is 6.54 Å². The van der Waals surface area contributed by atoms with Gasteiger partial charge >= 0.3 is 0 Å². The van der Waals surface area contributed by atoms with E-state index in [4.69, 9.17) is 0 Å². The van der Waals surface area contributed by atoms with Crippen molar-refractivity contribution in [1.82, 2.24) is 5.32 Å². The Balaban J connectivity index is 1.47. The minimum absolute atomic E-state index is 0.160. The van der Waals surface area contributed by atoms with Crippen LogP contribution in [0.1, 0.15) is 61.4 Å². The molecule has 3 heteroatoms. The summed E-state index contributed by atoms with van der Waals surface area (Å²) in [6.07, 6.45) is 9.98. The number of aryl methyl sites for hydroxylation is 1. The zero-order chi connectivity index (χ0) is 13.1. The van der Waals surface area contributed by atoms with Gasteiger partial charge in [0, 0.05) is 17.5 Å². The molecule has 2 aliphatic rings. The van der Waals surface area contributed by atoms with Gasteiger partial charge in [-0.05, 0) is 48.6 Å². The third-order valence-corrected chi connectivity index (χ3v) is 5.73. The van der Waals surface area contributed by atoms with Crippen LogP contribution in [0.5, 0.6) is 0 Å². The molecule has 0 aliphatic heterocycles. The molecule has 1 aromatic rings. The first-order chi connectivity index (χ1) is 9.33. The van der Waals surface area contributed by atoms with E-state index < -0.39 is 0 Å². The molecule has 0 aromatic carbocycles. The zero-order valence-corrected chi connectivity index (χ0v) is 12.4. The monoisotopic (exact) mass is 279 g/mol. The van der Waals surface area contributed by atoms with Gasteiger partial charge in [-0.1, -0.05) is 25.7 Å². The summed E-state index contributed by atoms with van der Waals surface area (Å²) in [6.45, 7) is 0.760. The maximum Gasteiger partial charge on any atom is 0.0667 e. The highest BCUT2D eigenvalue weighted by Gasteiger charge is 2.23. The Labute approximate surface area is 120 Å². The van der Waals surface area contributed by atoms with Gasteiger partial charge in [0.15, 0.2) is 0 Å². The number of hydrogen-bond acceptors (Lipinski definition) is 3. The van der Waals surface area contributed by atoms with E-state index in [1.54, 1.807) is 4.88 Å². The summed E-state index contributed by atoms with van der Waals surface area (Å²) in [5, 5.41) is 16.0. The number of fused-ring (bicyclic) bond motifs is 1. The first-order valence-electron chi connectivity index (χ1n) is 7.80. The third kappa shape index (κ3) is 3.39. The van der Waals surface area contributed by atoms with Crippen molar-refractivity contribution in [3.63, 3.8) is 0 Å². The smallest absolute Gasteiger partial charge is 0.0667 e. The topological polar surface area (TPSA) is 32.3 Å². The van der Waals surface area contributed by atoms with E-state index in [0.29, 0.717) is 6.04 Å². The Hall–Kier alpha value is -0.380. The van der Waals surface area contributed by atoms with Gasteiger partial charge in [0.05, 0.1) is 6.10 Å². The molecule has 2 nitrogen and oxygen atoms in total. The van der Waals surface area contributed by atoms with E-state index in [9.17, 15) is 5.11 Å². The molecule has 1 fully saturated rings. The summed E-state index contributed by atoms with van der Waals surface area (Å²) in [4.78, 5) is 1.55. The highest BCUT2D eigenvalue weighted by Crippen LogP contribution is 2.33. The molecule has 2 N–H and O–H groups in total. The van der Waals surface area contributed by atoms with Crippen molar-refractivity contribution in [1.29, 1.82) is 0 Å². The predicted molar refractivity (Wildman–Crippen MR) is 80.6 cm³/mol. The lowest BCUT2D eigenvalue weighted by molar-refractivity contribution is 0.136. The second kappa shape index (κ2) is 6.38. The summed E-state index contributed by atoms with van der Waals surface area (Å²) >= 11 is 1.89. The maximum absolute atomic E-state index is 10.2. The van der Waals surface area contributed by atoms with Crippen molar-refractivity contribution >= 4 is 11.3 Å². The minimum Gasteiger partial charge on any atom is -0.392 e. The lowest BCUT2D eigenvalue weighted by Gasteiger charge is -2.25. The number of hydrogen-bond donors (Lipinski definition) is 2. The molecule has 0 bridgehead atoms. The van der Waals surface area contributed by atoms with Gasteiger partial charge in [-0.25, -0.2) is 0 Å². The van der Waals surface area contributed by atoms with Crippen LogP contribution in [-0.2, 0) is 6.42 Å². The third-order valence-electron chi connectivity index (χ3n) is 4.73. The lowest BCUT2D eigenvalue weighted by atomic mass is 9.93. The second-order valence-electron chi connectivity index (χ2n) is 6.19. The Kier molecular flexibility index (Phi) is 4.57. The predicted octanol–water partition coefficient (Wildman–Crippen LogP) is 3.66. The summed E-state index contributed by atoms with van der Waals surface area (Å²) in [7, 11) is 0. The molecule has 0 spiro atoms. The Morgan fingerprint density at radius 1 is 1.26 bits per heavy atom. The molecular weight excluding hydrogens is 254 g/mol. The molecule has 1 saturated carbocycles. The van der Waals surface area contributed by atoms with Crippen molar-refractivity contribution in [3.05, 3.63) is 21.9 Å². The van der Waals surface area contributed by atoms with Crippen LogP contribution in [0.3, 0.4) is 0 Å². The van der Waals surface area contributed by atoms with Gasteiger partial charge in [0.25, 0.3) is 0 Å². The first-order valence-corrected chi connectivity index (χ1v) is 8.68. The standard InChI is InChI=1S/C16H25NOS/c18-13(10-12-4-1-2-5-12)11-17-15-6-3-7-16-14(15)8-9-19-16/h8-9,12-13,15,17-18H,1-7,10-11H2. The SMILES string of the molecule is OC(CNC1CCCc2sccc21)CC1CCCC1. The molecule has 19 heavy (non-hydrogen) atoms. The fourth-order valence-corrected chi connectivity index (χ4v) is 4.68. The van der Waals surface area contributed by atoms with Gasteiger partial charge in [-0.2, -0.15) is 0 Å². The number of aliphatic hydroxyl groups excluding tert-OH is 1. The van der Waals surface area contributed by atoms with Gasteiger partial charge in [-0.15, -0.1) is 11.3 Å². The fraction of sp³-hybridized carbons (Fsp3) is 0.750. The van der Waals surface area contributed by atoms with Gasteiger partial charge < -0.3 is 10.4 Å². The number of aliphatic hydroxyl groups is 1. The van der Waals surface area contributed by atoms with Crippen LogP contribution < -0.4 is 5.32 Å². The van der Waals surface area contributed by atoms with Crippen molar-refractivity contribution in [2.45, 2.75) is 63.5 Å². The quantitative estimate of drug-likeness (QED) is 0.862. The normalized spacial score (nSPS) is 25.4. The van der Waals surface area contributed by atoms with E-state index in [1.165, 1.54) is 50.5 Å². The molecule has 2 atom stereocenters. The first kappa shape index (κ1) is 13.6. The van der Waals surface area contributed by atoms with Crippen LogP contribution >= 0.6 is 11.3 Å². The molecule has 1 aromatic heterocycles. The average Bonchev–Trinajstić information content (AvgIpc) is 3.06. The van der Waals surface area contributed by atoms with E-state index in [1.807, 2.05) is 11.3 Å². The molecule has 106 valence electrons. The molecule has 1 heterocycles. The number of rotatable bonds is 5. The van der Waals surface area contributed by atoms with Crippen LogP contribution in [0.4, 0.5) is 0 Å². The highest BCUT2D eigenvalue weighted by molar-refractivity contribution is 7.10. The number of nitrogens with one attached hydrogen (secondary N) is 1. The molecule has 2 unspecified atom stereocenters. The minimum atomic E-state index is -0.160. The molecular formula is C16H25NOS. The maximum atomic E-state index is 10.2. The summed E-state index contributed by atoms with van der Waals surface area (Å²) < 4.78 is 0. The fourth-order valence-electron chi connectivity index (χ4n) is 3.69. The molecule has 3 rings (SSSR count). The van der Waals surface area contributed by atoms with E-state index in [2.05, 4.69) is 16.8 Å². The van der Waals surface area contributed by atoms with E-state index in [0.717, 1.165) is 18.9 Å². The Morgan fingerprint density at radius 2 is 2.11 bits per heavy atom. The van der Waals surface area contributed by atoms with Crippen LogP contribution in [-0.4, -0.2) is 17.8 Å². The van der Waals surface area contributed by atoms with Crippen molar-refractivity contribution in [2.24, 2.45) is 5.92 Å². The average molecular weight is 279 g/mol. The van der Waals surface area contributed by atoms with Crippen molar-refractivity contribution < 1.29 is 5.11 Å². The largest absolute Gasteiger partial charge is 0.392 e. The van der Waals surface area contributed by atoms with Crippen molar-refractivity contribution in [3.8, 4) is 0 Å². The summed E-state index contributed by atoms with van der Waals surface area (Å²) in [5.41, 5.74) is 1.49. The lowest BCUT2D eigenvalue weighted by Crippen LogP contribution is -2.32. The van der Waals surface area contributed by atoms with Crippen LogP contribution in [0.15, 0.2) is 11.4 Å². The van der Waals surface area contributed by atoms with E-state index in [-0.39, 0.29) is 6.10 Å². The van der Waals surface area contributed by atoms with Crippen LogP contribution in [0, 0.1) is 5.92 Å². The molecule has 2 aliphatic carbocycles. The zero-order valence-electron chi connectivity index (χ0n) is 11.6. The molecule has 0 saturated heterocycles. The Bertz CT molecular complexity index is 397. The van der Waals surface area contributed by atoms with E-state index >= 15 is 0 Å². The summed E-state index contributed by atoms with van der Waals surface area (Å²) in [5.74, 6) is 0.778. The molecule has 0 amide bonds.